The van der Waals surface area contributed by atoms with E-state index in [1.54, 1.807) is 23.9 Å². The lowest BCUT2D eigenvalue weighted by molar-refractivity contribution is 0.0949. The Kier molecular flexibility index (Phi) is 4.30. The standard InChI is InChI=1S/C20H17N3O4/c1-13-18(15(11-21)20(27-13)23-6-2-3-7-23)19(24)22-12-14-4-5-16-17(10-14)26-9-8-25-16/h2-7,10H,8-9,12H2,1H3,(H,22,24). The summed E-state index contributed by atoms with van der Waals surface area (Å²) < 4.78 is 18.4. The van der Waals surface area contributed by atoms with Gasteiger partial charge in [0.25, 0.3) is 5.91 Å². The third kappa shape index (κ3) is 3.13. The molecule has 1 amide bonds. The van der Waals surface area contributed by atoms with Crippen LogP contribution in [0.2, 0.25) is 0 Å². The molecule has 0 spiro atoms. The van der Waals surface area contributed by atoms with Crippen molar-refractivity contribution in [3.05, 3.63) is 65.2 Å². The Labute approximate surface area is 155 Å². The lowest BCUT2D eigenvalue weighted by atomic mass is 10.1. The first kappa shape index (κ1) is 16.8. The molecule has 2 aromatic heterocycles. The average Bonchev–Trinajstić information content (AvgIpc) is 3.33. The van der Waals surface area contributed by atoms with Gasteiger partial charge in [-0.15, -0.1) is 0 Å². The minimum atomic E-state index is -0.360. The van der Waals surface area contributed by atoms with Crippen molar-refractivity contribution in [2.45, 2.75) is 13.5 Å². The van der Waals surface area contributed by atoms with E-state index in [4.69, 9.17) is 13.9 Å². The Bertz CT molecular complexity index is 1030. The summed E-state index contributed by atoms with van der Waals surface area (Å²) in [4.78, 5) is 12.7. The number of carbonyl (C=O) groups excluding carboxylic acids is 1. The maximum absolute atomic E-state index is 12.7. The van der Waals surface area contributed by atoms with Crippen molar-refractivity contribution in [3.8, 4) is 23.5 Å². The van der Waals surface area contributed by atoms with E-state index in [1.807, 2.05) is 30.3 Å². The SMILES string of the molecule is Cc1oc(-n2cccc2)c(C#N)c1C(=O)NCc1ccc2c(c1)OCCO2. The fourth-order valence-electron chi connectivity index (χ4n) is 3.03. The Balaban J connectivity index is 1.55. The van der Waals surface area contributed by atoms with Crippen molar-refractivity contribution in [2.75, 3.05) is 13.2 Å². The quantitative estimate of drug-likeness (QED) is 0.770. The molecule has 3 heterocycles. The highest BCUT2D eigenvalue weighted by molar-refractivity contribution is 5.98. The maximum Gasteiger partial charge on any atom is 0.256 e. The second kappa shape index (κ2) is 6.92. The second-order valence-electron chi connectivity index (χ2n) is 6.08. The molecular weight excluding hydrogens is 346 g/mol. The van der Waals surface area contributed by atoms with Crippen LogP contribution >= 0.6 is 0 Å². The lowest BCUT2D eigenvalue weighted by Crippen LogP contribution is -2.24. The summed E-state index contributed by atoms with van der Waals surface area (Å²) in [6.07, 6.45) is 3.52. The van der Waals surface area contributed by atoms with Gasteiger partial charge in [-0.3, -0.25) is 9.36 Å². The van der Waals surface area contributed by atoms with Gasteiger partial charge in [0.1, 0.15) is 36.2 Å². The number of nitrogens with zero attached hydrogens (tertiary/aromatic N) is 2. The summed E-state index contributed by atoms with van der Waals surface area (Å²) in [7, 11) is 0. The van der Waals surface area contributed by atoms with Crippen LogP contribution in [0.15, 0.2) is 47.1 Å². The molecule has 0 bridgehead atoms. The van der Waals surface area contributed by atoms with Crippen LogP contribution in [-0.2, 0) is 6.54 Å². The molecule has 7 nitrogen and oxygen atoms in total. The molecule has 0 saturated heterocycles. The number of amides is 1. The first-order chi connectivity index (χ1) is 13.2. The van der Waals surface area contributed by atoms with Crippen molar-refractivity contribution in [1.82, 2.24) is 9.88 Å². The molecule has 0 unspecified atom stereocenters. The van der Waals surface area contributed by atoms with Gasteiger partial charge in [-0.05, 0) is 36.8 Å². The van der Waals surface area contributed by atoms with Gasteiger partial charge in [0.05, 0.1) is 0 Å². The number of furan rings is 1. The van der Waals surface area contributed by atoms with Gasteiger partial charge in [0.2, 0.25) is 5.88 Å². The van der Waals surface area contributed by atoms with Crippen LogP contribution in [0.5, 0.6) is 11.5 Å². The molecule has 1 aromatic carbocycles. The molecule has 0 saturated carbocycles. The summed E-state index contributed by atoms with van der Waals surface area (Å²) in [6, 6.07) is 11.3. The monoisotopic (exact) mass is 363 g/mol. The summed E-state index contributed by atoms with van der Waals surface area (Å²) in [6.45, 7) is 3.00. The fourth-order valence-corrected chi connectivity index (χ4v) is 3.03. The topological polar surface area (TPSA) is 89.4 Å². The molecular formula is C20H17N3O4. The van der Waals surface area contributed by atoms with Crippen LogP contribution in [0.4, 0.5) is 0 Å². The largest absolute Gasteiger partial charge is 0.486 e. The van der Waals surface area contributed by atoms with E-state index in [0.29, 0.717) is 42.9 Å². The zero-order valence-corrected chi connectivity index (χ0v) is 14.7. The molecule has 4 rings (SSSR count). The van der Waals surface area contributed by atoms with E-state index < -0.39 is 0 Å². The third-order valence-electron chi connectivity index (χ3n) is 4.30. The zero-order valence-electron chi connectivity index (χ0n) is 14.7. The van der Waals surface area contributed by atoms with Gasteiger partial charge in [-0.2, -0.15) is 5.26 Å². The molecule has 0 aliphatic carbocycles. The van der Waals surface area contributed by atoms with Crippen LogP contribution in [0.1, 0.15) is 27.2 Å². The van der Waals surface area contributed by atoms with E-state index in [1.165, 1.54) is 0 Å². The molecule has 27 heavy (non-hydrogen) atoms. The number of aromatic nitrogens is 1. The molecule has 0 atom stereocenters. The third-order valence-corrected chi connectivity index (χ3v) is 4.30. The second-order valence-corrected chi connectivity index (χ2v) is 6.08. The highest BCUT2D eigenvalue weighted by atomic mass is 16.6. The van der Waals surface area contributed by atoms with Crippen LogP contribution < -0.4 is 14.8 Å². The van der Waals surface area contributed by atoms with Gasteiger partial charge >= 0.3 is 0 Å². The Morgan fingerprint density at radius 2 is 1.96 bits per heavy atom. The summed E-state index contributed by atoms with van der Waals surface area (Å²) >= 11 is 0. The number of hydrogen-bond donors (Lipinski definition) is 1. The Hall–Kier alpha value is -3.66. The summed E-state index contributed by atoms with van der Waals surface area (Å²) in [5.41, 5.74) is 1.33. The van der Waals surface area contributed by atoms with Gasteiger partial charge in [0, 0.05) is 18.9 Å². The number of nitrogens with one attached hydrogen (secondary N) is 1. The van der Waals surface area contributed by atoms with Crippen molar-refractivity contribution >= 4 is 5.91 Å². The van der Waals surface area contributed by atoms with Gasteiger partial charge in [-0.25, -0.2) is 0 Å². The predicted octanol–water partition coefficient (Wildman–Crippen LogP) is 2.95. The van der Waals surface area contributed by atoms with Gasteiger partial charge in [0.15, 0.2) is 11.5 Å². The number of nitriles is 1. The van der Waals surface area contributed by atoms with Gasteiger partial charge < -0.3 is 19.2 Å². The fraction of sp³-hybridized carbons (Fsp3) is 0.200. The first-order valence-corrected chi connectivity index (χ1v) is 8.51. The van der Waals surface area contributed by atoms with E-state index in [-0.39, 0.29) is 17.0 Å². The number of carbonyl (C=O) groups is 1. The number of fused-ring (bicyclic) bond motifs is 1. The first-order valence-electron chi connectivity index (χ1n) is 8.51. The van der Waals surface area contributed by atoms with Crippen molar-refractivity contribution in [2.24, 2.45) is 0 Å². The van der Waals surface area contributed by atoms with Crippen LogP contribution in [0.25, 0.3) is 5.88 Å². The summed E-state index contributed by atoms with van der Waals surface area (Å²) in [5, 5.41) is 12.4. The van der Waals surface area contributed by atoms with E-state index >= 15 is 0 Å². The molecule has 136 valence electrons. The van der Waals surface area contributed by atoms with Crippen LogP contribution in [0, 0.1) is 18.3 Å². The summed E-state index contributed by atoms with van der Waals surface area (Å²) in [5.74, 6) is 1.74. The highest BCUT2D eigenvalue weighted by Crippen LogP contribution is 2.31. The Morgan fingerprint density at radius 3 is 2.70 bits per heavy atom. The van der Waals surface area contributed by atoms with Gasteiger partial charge in [-0.1, -0.05) is 6.07 Å². The minimum Gasteiger partial charge on any atom is -0.486 e. The molecule has 1 N–H and O–H groups in total. The van der Waals surface area contributed by atoms with E-state index in [0.717, 1.165) is 5.56 Å². The lowest BCUT2D eigenvalue weighted by Gasteiger charge is -2.18. The molecule has 1 aliphatic heterocycles. The van der Waals surface area contributed by atoms with E-state index in [2.05, 4.69) is 11.4 Å². The Morgan fingerprint density at radius 1 is 1.22 bits per heavy atom. The molecule has 1 aliphatic rings. The molecule has 7 heteroatoms. The number of ether oxygens (including phenoxy) is 2. The van der Waals surface area contributed by atoms with Crippen molar-refractivity contribution in [1.29, 1.82) is 5.26 Å². The normalized spacial score (nSPS) is 12.4. The smallest absolute Gasteiger partial charge is 0.256 e. The maximum atomic E-state index is 12.7. The number of aryl methyl sites for hydroxylation is 1. The number of benzene rings is 1. The molecule has 0 radical (unpaired) electrons. The van der Waals surface area contributed by atoms with E-state index in [9.17, 15) is 10.1 Å². The highest BCUT2D eigenvalue weighted by Gasteiger charge is 2.24. The van der Waals surface area contributed by atoms with Crippen molar-refractivity contribution in [3.63, 3.8) is 0 Å². The van der Waals surface area contributed by atoms with Crippen molar-refractivity contribution < 1.29 is 18.7 Å². The average molecular weight is 363 g/mol. The number of hydrogen-bond acceptors (Lipinski definition) is 5. The number of rotatable bonds is 4. The molecule has 3 aromatic rings. The minimum absolute atomic E-state index is 0.211. The molecule has 0 fully saturated rings. The van der Waals surface area contributed by atoms with Crippen LogP contribution in [0.3, 0.4) is 0 Å². The van der Waals surface area contributed by atoms with Crippen LogP contribution in [-0.4, -0.2) is 23.7 Å². The predicted molar refractivity (Wildman–Crippen MR) is 96.1 cm³/mol. The zero-order chi connectivity index (χ0) is 18.8.